The van der Waals surface area contributed by atoms with Crippen LogP contribution in [-0.4, -0.2) is 48.2 Å². The topological polar surface area (TPSA) is 61.7 Å². The Hall–Kier alpha value is -2.12. The van der Waals surface area contributed by atoms with Crippen molar-refractivity contribution in [1.82, 2.24) is 20.1 Å². The lowest BCUT2D eigenvalue weighted by molar-refractivity contribution is 0.143. The Morgan fingerprint density at radius 2 is 2.03 bits per heavy atom. The molecule has 0 radical (unpaired) electrons. The molecule has 1 fully saturated rings. The van der Waals surface area contributed by atoms with Crippen LogP contribution in [0.4, 0.5) is 0 Å². The van der Waals surface area contributed by atoms with Crippen LogP contribution in [0.25, 0.3) is 0 Å². The predicted molar refractivity (Wildman–Crippen MR) is 131 cm³/mol. The molecule has 3 rings (SSSR count). The van der Waals surface area contributed by atoms with Crippen LogP contribution in [0.5, 0.6) is 0 Å². The molecule has 6 nitrogen and oxygen atoms in total. The lowest BCUT2D eigenvalue weighted by Gasteiger charge is -2.35. The number of aryl methyl sites for hydroxylation is 1. The second-order valence-corrected chi connectivity index (χ2v) is 9.31. The summed E-state index contributed by atoms with van der Waals surface area (Å²) in [7, 11) is 0. The number of pyridine rings is 1. The average Bonchev–Trinajstić information content (AvgIpc) is 3.30. The summed E-state index contributed by atoms with van der Waals surface area (Å²) in [5, 5.41) is 9.01. The van der Waals surface area contributed by atoms with E-state index in [0.29, 0.717) is 6.04 Å². The monoisotopic (exact) mass is 443 g/mol. The number of thiophene rings is 1. The first-order chi connectivity index (χ1) is 15.2. The van der Waals surface area contributed by atoms with Gasteiger partial charge in [-0.15, -0.1) is 11.3 Å². The number of aromatic nitrogens is 1. The fourth-order valence-corrected chi connectivity index (χ4v) is 4.84. The van der Waals surface area contributed by atoms with E-state index >= 15 is 0 Å². The second kappa shape index (κ2) is 12.7. The Kier molecular flexibility index (Phi) is 9.62. The highest BCUT2D eigenvalue weighted by Crippen LogP contribution is 2.29. The highest BCUT2D eigenvalue weighted by molar-refractivity contribution is 7.10. The standard InChI is InChI=1S/C24H37N5OS/c1-3-25-24(26-13-5-7-15-29-14-6-4-10-23(29)30)27-19-21(22-9-8-18-31-22)28-16-11-20(2)12-17-28/h4,6,8-10,14,18,20-21H,3,5,7,11-13,15-17,19H2,1-2H3,(H2,25,26,27). The summed E-state index contributed by atoms with van der Waals surface area (Å²) in [4.78, 5) is 20.7. The molecule has 1 atom stereocenters. The van der Waals surface area contributed by atoms with Crippen molar-refractivity contribution in [2.24, 2.45) is 10.9 Å². The zero-order chi connectivity index (χ0) is 21.9. The SMILES string of the molecule is CCNC(=NCC(c1cccs1)N1CCC(C)CC1)NCCCCn1ccccc1=O. The van der Waals surface area contributed by atoms with Crippen LogP contribution in [0.1, 0.15) is 50.4 Å². The summed E-state index contributed by atoms with van der Waals surface area (Å²) < 4.78 is 1.77. The summed E-state index contributed by atoms with van der Waals surface area (Å²) in [6, 6.07) is 10.0. The van der Waals surface area contributed by atoms with Crippen LogP contribution in [0.2, 0.25) is 0 Å². The molecule has 3 heterocycles. The molecule has 2 aromatic rings. The molecule has 1 aliphatic heterocycles. The molecular weight excluding hydrogens is 406 g/mol. The maximum Gasteiger partial charge on any atom is 0.250 e. The zero-order valence-electron chi connectivity index (χ0n) is 18.9. The molecule has 0 bridgehead atoms. The molecule has 0 spiro atoms. The molecular formula is C24H37N5OS. The Morgan fingerprint density at radius 1 is 1.19 bits per heavy atom. The molecule has 31 heavy (non-hydrogen) atoms. The molecule has 2 aromatic heterocycles. The highest BCUT2D eigenvalue weighted by atomic mass is 32.1. The first-order valence-corrected chi connectivity index (χ1v) is 12.5. The summed E-state index contributed by atoms with van der Waals surface area (Å²) in [5.74, 6) is 1.71. The van der Waals surface area contributed by atoms with E-state index in [4.69, 9.17) is 4.99 Å². The van der Waals surface area contributed by atoms with Gasteiger partial charge in [0.1, 0.15) is 0 Å². The number of aliphatic imine (C=N–C) groups is 1. The molecule has 170 valence electrons. The quantitative estimate of drug-likeness (QED) is 0.334. The first-order valence-electron chi connectivity index (χ1n) is 11.6. The van der Waals surface area contributed by atoms with E-state index in [1.165, 1.54) is 17.7 Å². The highest BCUT2D eigenvalue weighted by Gasteiger charge is 2.25. The molecule has 1 saturated heterocycles. The average molecular weight is 444 g/mol. The molecule has 0 aliphatic carbocycles. The molecule has 2 N–H and O–H groups in total. The van der Waals surface area contributed by atoms with Crippen molar-refractivity contribution in [3.63, 3.8) is 0 Å². The van der Waals surface area contributed by atoms with E-state index in [0.717, 1.165) is 64.0 Å². The summed E-state index contributed by atoms with van der Waals surface area (Å²) in [6.45, 7) is 9.98. The van der Waals surface area contributed by atoms with E-state index < -0.39 is 0 Å². The van der Waals surface area contributed by atoms with Gasteiger partial charge in [-0.2, -0.15) is 0 Å². The number of nitrogens with one attached hydrogen (secondary N) is 2. The third-order valence-electron chi connectivity index (χ3n) is 5.91. The minimum absolute atomic E-state index is 0.0667. The lowest BCUT2D eigenvalue weighted by atomic mass is 9.97. The summed E-state index contributed by atoms with van der Waals surface area (Å²) in [5.41, 5.74) is 0.0667. The van der Waals surface area contributed by atoms with Gasteiger partial charge in [0.2, 0.25) is 5.56 Å². The Bertz CT molecular complexity index is 840. The minimum atomic E-state index is 0.0667. The van der Waals surface area contributed by atoms with Gasteiger partial charge in [0.05, 0.1) is 12.6 Å². The van der Waals surface area contributed by atoms with Crippen LogP contribution in [-0.2, 0) is 6.54 Å². The van der Waals surface area contributed by atoms with Crippen molar-refractivity contribution in [2.45, 2.75) is 52.1 Å². The fraction of sp³-hybridized carbons (Fsp3) is 0.583. The number of hydrogen-bond donors (Lipinski definition) is 2. The first kappa shape index (κ1) is 23.5. The van der Waals surface area contributed by atoms with Gasteiger partial charge in [-0.1, -0.05) is 19.1 Å². The maximum atomic E-state index is 11.8. The van der Waals surface area contributed by atoms with Gasteiger partial charge < -0.3 is 15.2 Å². The Balaban J connectivity index is 1.51. The Morgan fingerprint density at radius 3 is 2.74 bits per heavy atom. The maximum absolute atomic E-state index is 11.8. The van der Waals surface area contributed by atoms with E-state index in [1.807, 2.05) is 23.6 Å². The number of hydrogen-bond acceptors (Lipinski definition) is 4. The van der Waals surface area contributed by atoms with Gasteiger partial charge in [0.15, 0.2) is 5.96 Å². The van der Waals surface area contributed by atoms with Gasteiger partial charge in [-0.3, -0.25) is 14.7 Å². The number of nitrogens with zero attached hydrogens (tertiary/aromatic N) is 3. The van der Waals surface area contributed by atoms with Crippen molar-refractivity contribution in [3.8, 4) is 0 Å². The predicted octanol–water partition coefficient (Wildman–Crippen LogP) is 3.72. The molecule has 0 aromatic carbocycles. The van der Waals surface area contributed by atoms with Crippen molar-refractivity contribution in [3.05, 3.63) is 57.1 Å². The summed E-state index contributed by atoms with van der Waals surface area (Å²) >= 11 is 1.83. The third-order valence-corrected chi connectivity index (χ3v) is 6.89. The molecule has 7 heteroatoms. The van der Waals surface area contributed by atoms with Crippen LogP contribution in [0.15, 0.2) is 51.7 Å². The number of guanidine groups is 1. The second-order valence-electron chi connectivity index (χ2n) is 8.34. The number of likely N-dealkylation sites (tertiary alicyclic amines) is 1. The van der Waals surface area contributed by atoms with E-state index in [9.17, 15) is 4.79 Å². The Labute approximate surface area is 190 Å². The van der Waals surface area contributed by atoms with Crippen molar-refractivity contribution in [1.29, 1.82) is 0 Å². The van der Waals surface area contributed by atoms with E-state index in [1.54, 1.807) is 16.7 Å². The van der Waals surface area contributed by atoms with Gasteiger partial charge >= 0.3 is 0 Å². The molecule has 0 amide bonds. The van der Waals surface area contributed by atoms with E-state index in [2.05, 4.69) is 46.9 Å². The van der Waals surface area contributed by atoms with Gasteiger partial charge in [-0.25, -0.2) is 0 Å². The third kappa shape index (κ3) is 7.51. The normalized spacial score (nSPS) is 16.9. The van der Waals surface area contributed by atoms with Crippen LogP contribution >= 0.6 is 11.3 Å². The van der Waals surface area contributed by atoms with Crippen molar-refractivity contribution in [2.75, 3.05) is 32.7 Å². The molecule has 1 aliphatic rings. The summed E-state index contributed by atoms with van der Waals surface area (Å²) in [6.07, 6.45) is 6.35. The van der Waals surface area contributed by atoms with Crippen molar-refractivity contribution < 1.29 is 0 Å². The van der Waals surface area contributed by atoms with Gasteiger partial charge in [-0.05, 0) is 69.1 Å². The molecule has 1 unspecified atom stereocenters. The lowest BCUT2D eigenvalue weighted by Crippen LogP contribution is -2.40. The fourth-order valence-electron chi connectivity index (χ4n) is 3.99. The molecule has 0 saturated carbocycles. The largest absolute Gasteiger partial charge is 0.357 e. The van der Waals surface area contributed by atoms with Gasteiger partial charge in [0, 0.05) is 36.8 Å². The van der Waals surface area contributed by atoms with Crippen LogP contribution < -0.4 is 16.2 Å². The minimum Gasteiger partial charge on any atom is -0.357 e. The van der Waals surface area contributed by atoms with Crippen LogP contribution in [0.3, 0.4) is 0 Å². The zero-order valence-corrected chi connectivity index (χ0v) is 19.7. The van der Waals surface area contributed by atoms with Crippen molar-refractivity contribution >= 4 is 17.3 Å². The smallest absolute Gasteiger partial charge is 0.250 e. The van der Waals surface area contributed by atoms with E-state index in [-0.39, 0.29) is 5.56 Å². The number of piperidine rings is 1. The number of rotatable bonds is 10. The van der Waals surface area contributed by atoms with Crippen LogP contribution in [0, 0.1) is 5.92 Å². The number of unbranched alkanes of at least 4 members (excludes halogenated alkanes) is 1. The van der Waals surface area contributed by atoms with Gasteiger partial charge in [0.25, 0.3) is 0 Å².